The summed E-state index contributed by atoms with van der Waals surface area (Å²) < 4.78 is 20.4. The van der Waals surface area contributed by atoms with E-state index >= 15 is 0 Å². The number of hydrogen-bond donors (Lipinski definition) is 2. The Hall–Kier alpha value is -5.24. The number of hydrogen-bond acceptors (Lipinski definition) is 11. The number of piperidine rings is 1. The van der Waals surface area contributed by atoms with Crippen molar-refractivity contribution in [2.24, 2.45) is 5.41 Å². The highest BCUT2D eigenvalue weighted by Gasteiger charge is 2.42. The molecule has 0 bridgehead atoms. The molecule has 46 heavy (non-hydrogen) atoms. The number of carbonyl (C=O) groups excluding carboxylic acids is 2. The Labute approximate surface area is 263 Å². The molecule has 2 saturated heterocycles. The largest absolute Gasteiger partial charge is 0.494 e. The van der Waals surface area contributed by atoms with Gasteiger partial charge in [0.2, 0.25) is 0 Å². The first-order valence-corrected chi connectivity index (χ1v) is 15.4. The van der Waals surface area contributed by atoms with Gasteiger partial charge in [0.1, 0.15) is 23.8 Å². The number of nitrogens with zero attached hydrogens (tertiary/aromatic N) is 7. The Morgan fingerprint density at radius 2 is 2.04 bits per heavy atom. The number of cyclic esters (lactones) is 1. The van der Waals surface area contributed by atoms with Crippen LogP contribution in [0, 0.1) is 5.41 Å². The zero-order chi connectivity index (χ0) is 31.3. The maximum atomic E-state index is 13.7. The van der Waals surface area contributed by atoms with Crippen molar-refractivity contribution in [3.8, 4) is 28.4 Å². The monoisotopic (exact) mass is 623 g/mol. The van der Waals surface area contributed by atoms with Gasteiger partial charge in [0.15, 0.2) is 11.3 Å². The van der Waals surface area contributed by atoms with E-state index in [9.17, 15) is 9.59 Å². The molecule has 1 aromatic carbocycles. The number of pyridine rings is 1. The van der Waals surface area contributed by atoms with E-state index in [2.05, 4.69) is 25.6 Å². The summed E-state index contributed by atoms with van der Waals surface area (Å²) in [5.41, 5.74) is 4.42. The summed E-state index contributed by atoms with van der Waals surface area (Å²) in [6.45, 7) is 4.63. The molecule has 0 radical (unpaired) electrons. The number of amides is 1. The summed E-state index contributed by atoms with van der Waals surface area (Å²) in [5, 5.41) is 16.2. The summed E-state index contributed by atoms with van der Waals surface area (Å²) in [6, 6.07) is 7.46. The third-order valence-electron chi connectivity index (χ3n) is 9.21. The highest BCUT2D eigenvalue weighted by Crippen LogP contribution is 2.40. The minimum Gasteiger partial charge on any atom is -0.494 e. The second kappa shape index (κ2) is 11.3. The molecule has 7 heterocycles. The topological polar surface area (TPSA) is 150 Å². The minimum atomic E-state index is -0.297. The second-order valence-electron chi connectivity index (χ2n) is 12.0. The van der Waals surface area contributed by atoms with Crippen LogP contribution < -0.4 is 20.1 Å². The van der Waals surface area contributed by atoms with Crippen LogP contribution in [0.3, 0.4) is 0 Å². The standard InChI is InChI=1S/C32H33N9O5/c1-44-27-14-23-26(45-12-7-33-23)15-25(27)41-24-13-22(20-18-37-40-8-2-5-34-30(20)40)36-17-21(24)29(38-41)31(43)35-6-11-39-9-3-32(4-10-39)16-28(42)46-19-32/h2,5,8,13-15,17-18,33H,3-4,6-7,9-12,16,19H2,1H3,(H,35,43). The Morgan fingerprint density at radius 1 is 1.15 bits per heavy atom. The van der Waals surface area contributed by atoms with E-state index in [4.69, 9.17) is 24.3 Å². The van der Waals surface area contributed by atoms with E-state index in [1.807, 2.05) is 30.5 Å². The maximum Gasteiger partial charge on any atom is 0.306 e. The van der Waals surface area contributed by atoms with Gasteiger partial charge in [-0.25, -0.2) is 14.2 Å². The van der Waals surface area contributed by atoms with Crippen LogP contribution >= 0.6 is 0 Å². The molecule has 3 aliphatic heterocycles. The number of esters is 1. The number of likely N-dealkylation sites (tertiary alicyclic amines) is 1. The van der Waals surface area contributed by atoms with Gasteiger partial charge in [-0.2, -0.15) is 10.2 Å². The third-order valence-corrected chi connectivity index (χ3v) is 9.21. The van der Waals surface area contributed by atoms with Gasteiger partial charge >= 0.3 is 5.97 Å². The Morgan fingerprint density at radius 3 is 2.87 bits per heavy atom. The van der Waals surface area contributed by atoms with Gasteiger partial charge in [-0.1, -0.05) is 0 Å². The maximum absolute atomic E-state index is 13.7. The number of aromatic nitrogens is 6. The average molecular weight is 624 g/mol. The molecule has 8 rings (SSSR count). The van der Waals surface area contributed by atoms with Crippen LogP contribution in [0.1, 0.15) is 29.8 Å². The van der Waals surface area contributed by atoms with Crippen molar-refractivity contribution in [3.63, 3.8) is 0 Å². The molecular formula is C32H33N9O5. The SMILES string of the molecule is COc1cc2c(cc1-n1nc(C(=O)NCCN3CCC4(CC3)COC(=O)C4)c3cnc(-c4cnn5cccnc45)cc31)OCCN2. The number of methoxy groups -OCH3 is 1. The number of ether oxygens (including phenoxy) is 3. The molecule has 2 N–H and O–H groups in total. The van der Waals surface area contributed by atoms with E-state index in [1.165, 1.54) is 0 Å². The van der Waals surface area contributed by atoms with E-state index in [0.29, 0.717) is 78.7 Å². The van der Waals surface area contributed by atoms with Crippen LogP contribution in [0.15, 0.2) is 49.1 Å². The van der Waals surface area contributed by atoms with E-state index in [-0.39, 0.29) is 23.0 Å². The predicted octanol–water partition coefficient (Wildman–Crippen LogP) is 2.70. The van der Waals surface area contributed by atoms with Crippen molar-refractivity contribution in [2.75, 3.05) is 58.4 Å². The van der Waals surface area contributed by atoms with E-state index < -0.39 is 0 Å². The van der Waals surface area contributed by atoms with Gasteiger partial charge < -0.3 is 29.7 Å². The van der Waals surface area contributed by atoms with Gasteiger partial charge in [-0.15, -0.1) is 0 Å². The zero-order valence-corrected chi connectivity index (χ0v) is 25.4. The van der Waals surface area contributed by atoms with Gasteiger partial charge in [0.05, 0.1) is 54.2 Å². The van der Waals surface area contributed by atoms with Gasteiger partial charge in [-0.3, -0.25) is 14.6 Å². The summed E-state index contributed by atoms with van der Waals surface area (Å²) in [5.74, 6) is 0.853. The molecule has 14 heteroatoms. The predicted molar refractivity (Wildman–Crippen MR) is 167 cm³/mol. The quantitative estimate of drug-likeness (QED) is 0.258. The number of fused-ring (bicyclic) bond motifs is 3. The van der Waals surface area contributed by atoms with Crippen LogP contribution in [0.4, 0.5) is 5.69 Å². The number of carbonyl (C=O) groups is 2. The highest BCUT2D eigenvalue weighted by atomic mass is 16.5. The van der Waals surface area contributed by atoms with Crippen LogP contribution in [0.2, 0.25) is 0 Å². The molecule has 14 nitrogen and oxygen atoms in total. The Balaban J connectivity index is 1.11. The molecule has 0 saturated carbocycles. The van der Waals surface area contributed by atoms with Gasteiger partial charge in [-0.05, 0) is 38.1 Å². The lowest BCUT2D eigenvalue weighted by molar-refractivity contribution is -0.137. The normalized spacial score (nSPS) is 17.5. The first kappa shape index (κ1) is 28.2. The molecular weight excluding hydrogens is 590 g/mol. The molecule has 2 fully saturated rings. The van der Waals surface area contributed by atoms with Crippen molar-refractivity contribution in [1.82, 2.24) is 39.6 Å². The number of nitrogens with one attached hydrogen (secondary N) is 2. The number of anilines is 1. The molecule has 1 spiro atoms. The van der Waals surface area contributed by atoms with E-state index in [0.717, 1.165) is 37.2 Å². The van der Waals surface area contributed by atoms with Crippen LogP contribution in [-0.2, 0) is 9.53 Å². The van der Waals surface area contributed by atoms with Crippen molar-refractivity contribution >= 4 is 34.1 Å². The van der Waals surface area contributed by atoms with Crippen LogP contribution in [0.25, 0.3) is 33.5 Å². The first-order valence-electron chi connectivity index (χ1n) is 15.4. The first-order chi connectivity index (χ1) is 22.5. The van der Waals surface area contributed by atoms with Crippen molar-refractivity contribution in [2.45, 2.75) is 19.3 Å². The molecule has 236 valence electrons. The fraction of sp³-hybridized carbons (Fsp3) is 0.375. The summed E-state index contributed by atoms with van der Waals surface area (Å²) >= 11 is 0. The van der Waals surface area contributed by atoms with Crippen molar-refractivity contribution in [3.05, 3.63) is 54.7 Å². The number of rotatable bonds is 7. The van der Waals surface area contributed by atoms with Crippen LogP contribution in [0.5, 0.6) is 11.5 Å². The molecule has 0 aliphatic carbocycles. The molecule has 3 aliphatic rings. The fourth-order valence-electron chi connectivity index (χ4n) is 6.62. The summed E-state index contributed by atoms with van der Waals surface area (Å²) in [6.07, 6.45) is 9.28. The van der Waals surface area contributed by atoms with Gasteiger partial charge in [0, 0.05) is 55.8 Å². The lowest BCUT2D eigenvalue weighted by Crippen LogP contribution is -2.43. The molecule has 5 aromatic rings. The molecule has 1 amide bonds. The summed E-state index contributed by atoms with van der Waals surface area (Å²) in [7, 11) is 1.60. The Bertz CT molecular complexity index is 1980. The Kier molecular flexibility index (Phi) is 6.93. The minimum absolute atomic E-state index is 0.0211. The molecule has 0 atom stereocenters. The lowest BCUT2D eigenvalue weighted by Gasteiger charge is -2.37. The summed E-state index contributed by atoms with van der Waals surface area (Å²) in [4.78, 5) is 36.9. The zero-order valence-electron chi connectivity index (χ0n) is 25.4. The second-order valence-corrected chi connectivity index (χ2v) is 12.0. The molecule has 4 aromatic heterocycles. The fourth-order valence-corrected chi connectivity index (χ4v) is 6.62. The smallest absolute Gasteiger partial charge is 0.306 e. The van der Waals surface area contributed by atoms with Crippen molar-refractivity contribution in [1.29, 1.82) is 0 Å². The number of benzene rings is 1. The molecule has 0 unspecified atom stereocenters. The average Bonchev–Trinajstić information content (AvgIpc) is 3.80. The van der Waals surface area contributed by atoms with E-state index in [1.54, 1.807) is 34.9 Å². The van der Waals surface area contributed by atoms with Gasteiger partial charge in [0.25, 0.3) is 5.91 Å². The van der Waals surface area contributed by atoms with Crippen LogP contribution in [-0.4, -0.2) is 99.2 Å². The highest BCUT2D eigenvalue weighted by molar-refractivity contribution is 6.05. The van der Waals surface area contributed by atoms with Crippen molar-refractivity contribution < 1.29 is 23.8 Å². The third kappa shape index (κ3) is 4.94. The lowest BCUT2D eigenvalue weighted by atomic mass is 9.78.